The van der Waals surface area contributed by atoms with E-state index in [9.17, 15) is 9.59 Å². The molecule has 0 bridgehead atoms. The minimum atomic E-state index is -0.432. The number of furan rings is 1. The molecule has 0 spiro atoms. The molecule has 27 heavy (non-hydrogen) atoms. The van der Waals surface area contributed by atoms with Crippen molar-refractivity contribution in [3.63, 3.8) is 0 Å². The summed E-state index contributed by atoms with van der Waals surface area (Å²) in [4.78, 5) is 25.8. The van der Waals surface area contributed by atoms with Crippen molar-refractivity contribution in [3.05, 3.63) is 35.0 Å². The van der Waals surface area contributed by atoms with Gasteiger partial charge in [0, 0.05) is 41.4 Å². The van der Waals surface area contributed by atoms with Crippen molar-refractivity contribution in [3.8, 4) is 0 Å². The summed E-state index contributed by atoms with van der Waals surface area (Å²) in [6.07, 6.45) is 2.75. The predicted molar refractivity (Wildman–Crippen MR) is 102 cm³/mol. The number of methoxy groups -OCH3 is 1. The molecule has 1 saturated heterocycles. The number of rotatable bonds is 3. The zero-order valence-electron chi connectivity index (χ0n) is 15.2. The highest BCUT2D eigenvalue weighted by Crippen LogP contribution is 2.35. The number of benzene rings is 1. The standard InChI is InChI=1S/C20H23ClN2O4/c1-26-20(25)22-16-9-14(10-16)19(24)23-6-4-12(5-7-23)18-11-13-8-15(21)2-3-17(13)27-18/h2-3,8,11-12,14,16H,4-7,9-10H2,1H3,(H,22,25). The molecule has 1 aliphatic carbocycles. The Morgan fingerprint density at radius 2 is 1.96 bits per heavy atom. The number of hydrogen-bond donors (Lipinski definition) is 1. The van der Waals surface area contributed by atoms with Gasteiger partial charge in [-0.05, 0) is 49.9 Å². The molecule has 0 radical (unpaired) electrons. The fourth-order valence-electron chi connectivity index (χ4n) is 4.04. The third-order valence-corrected chi connectivity index (χ3v) is 5.94. The third-order valence-electron chi connectivity index (χ3n) is 5.70. The lowest BCUT2D eigenvalue weighted by molar-refractivity contribution is -0.140. The van der Waals surface area contributed by atoms with Gasteiger partial charge in [-0.3, -0.25) is 4.79 Å². The zero-order chi connectivity index (χ0) is 19.0. The first-order valence-corrected chi connectivity index (χ1v) is 9.73. The van der Waals surface area contributed by atoms with Gasteiger partial charge in [0.1, 0.15) is 11.3 Å². The summed E-state index contributed by atoms with van der Waals surface area (Å²) >= 11 is 6.05. The van der Waals surface area contributed by atoms with Gasteiger partial charge in [0.05, 0.1) is 7.11 Å². The first kappa shape index (κ1) is 18.2. The molecule has 1 N–H and O–H groups in total. The fourth-order valence-corrected chi connectivity index (χ4v) is 4.22. The fraction of sp³-hybridized carbons (Fsp3) is 0.500. The van der Waals surface area contributed by atoms with Crippen LogP contribution in [0.15, 0.2) is 28.7 Å². The molecule has 0 atom stereocenters. The van der Waals surface area contributed by atoms with Crippen LogP contribution in [0, 0.1) is 5.92 Å². The molecule has 4 rings (SSSR count). The molecule has 2 fully saturated rings. The van der Waals surface area contributed by atoms with Crippen LogP contribution in [0.4, 0.5) is 4.79 Å². The monoisotopic (exact) mass is 390 g/mol. The van der Waals surface area contributed by atoms with Crippen molar-refractivity contribution in [2.24, 2.45) is 5.92 Å². The zero-order valence-corrected chi connectivity index (χ0v) is 16.0. The van der Waals surface area contributed by atoms with Gasteiger partial charge >= 0.3 is 6.09 Å². The maximum absolute atomic E-state index is 12.6. The molecule has 144 valence electrons. The number of alkyl carbamates (subject to hydrolysis) is 1. The number of hydrogen-bond acceptors (Lipinski definition) is 4. The van der Waals surface area contributed by atoms with Crippen LogP contribution >= 0.6 is 11.6 Å². The Kier molecular flexibility index (Phi) is 5.00. The van der Waals surface area contributed by atoms with Crippen LogP contribution in [-0.4, -0.2) is 43.1 Å². The van der Waals surface area contributed by atoms with Crippen molar-refractivity contribution in [2.45, 2.75) is 37.6 Å². The second-order valence-electron chi connectivity index (χ2n) is 7.43. The lowest BCUT2D eigenvalue weighted by atomic mass is 9.79. The topological polar surface area (TPSA) is 71.8 Å². The van der Waals surface area contributed by atoms with E-state index >= 15 is 0 Å². The molecule has 0 unspecified atom stereocenters. The summed E-state index contributed by atoms with van der Waals surface area (Å²) in [7, 11) is 1.34. The number of nitrogens with one attached hydrogen (secondary N) is 1. The number of piperidine rings is 1. The van der Waals surface area contributed by atoms with Gasteiger partial charge in [0.25, 0.3) is 0 Å². The number of amides is 2. The third kappa shape index (κ3) is 3.76. The van der Waals surface area contributed by atoms with E-state index in [4.69, 9.17) is 16.0 Å². The van der Waals surface area contributed by atoms with Crippen molar-refractivity contribution >= 4 is 34.6 Å². The van der Waals surface area contributed by atoms with E-state index in [1.165, 1.54) is 7.11 Å². The van der Waals surface area contributed by atoms with Crippen molar-refractivity contribution in [1.29, 1.82) is 0 Å². The average Bonchev–Trinajstić information content (AvgIpc) is 3.06. The minimum Gasteiger partial charge on any atom is -0.461 e. The SMILES string of the molecule is COC(=O)NC1CC(C(=O)N2CCC(c3cc4cc(Cl)ccc4o3)CC2)C1. The minimum absolute atomic E-state index is 0.0112. The predicted octanol–water partition coefficient (Wildman–Crippen LogP) is 3.93. The smallest absolute Gasteiger partial charge is 0.407 e. The van der Waals surface area contributed by atoms with Crippen LogP contribution in [0.1, 0.15) is 37.4 Å². The Bertz CT molecular complexity index is 851. The van der Waals surface area contributed by atoms with E-state index in [1.54, 1.807) is 0 Å². The lowest BCUT2D eigenvalue weighted by Crippen LogP contribution is -2.51. The van der Waals surface area contributed by atoms with Crippen LogP contribution in [0.25, 0.3) is 11.0 Å². The first-order chi connectivity index (χ1) is 13.0. The molecule has 2 amide bonds. The number of carbonyl (C=O) groups excluding carboxylic acids is 2. The van der Waals surface area contributed by atoms with Gasteiger partial charge < -0.3 is 19.4 Å². The van der Waals surface area contributed by atoms with Crippen molar-refractivity contribution < 1.29 is 18.7 Å². The maximum atomic E-state index is 12.6. The van der Waals surface area contributed by atoms with Crippen LogP contribution in [0.2, 0.25) is 5.02 Å². The second-order valence-corrected chi connectivity index (χ2v) is 7.87. The highest BCUT2D eigenvalue weighted by Gasteiger charge is 2.39. The average molecular weight is 391 g/mol. The van der Waals surface area contributed by atoms with E-state index in [-0.39, 0.29) is 17.9 Å². The highest BCUT2D eigenvalue weighted by molar-refractivity contribution is 6.31. The normalized spacial score (nSPS) is 23.1. The Balaban J connectivity index is 1.30. The molecule has 1 aromatic carbocycles. The highest BCUT2D eigenvalue weighted by atomic mass is 35.5. The molecule has 1 saturated carbocycles. The molecular weight excluding hydrogens is 368 g/mol. The van der Waals surface area contributed by atoms with Gasteiger partial charge in [0.2, 0.25) is 5.91 Å². The Hall–Kier alpha value is -2.21. The van der Waals surface area contributed by atoms with Gasteiger partial charge in [-0.2, -0.15) is 0 Å². The number of nitrogens with zero attached hydrogens (tertiary/aromatic N) is 1. The molecule has 2 aliphatic rings. The van der Waals surface area contributed by atoms with E-state index in [1.807, 2.05) is 23.1 Å². The molecule has 2 heterocycles. The largest absolute Gasteiger partial charge is 0.461 e. The quantitative estimate of drug-likeness (QED) is 0.861. The Morgan fingerprint density at radius 3 is 2.67 bits per heavy atom. The summed E-state index contributed by atoms with van der Waals surface area (Å²) < 4.78 is 10.6. The summed E-state index contributed by atoms with van der Waals surface area (Å²) in [5, 5.41) is 4.47. The van der Waals surface area contributed by atoms with E-state index in [0.717, 1.165) is 42.7 Å². The summed E-state index contributed by atoms with van der Waals surface area (Å²) in [5.41, 5.74) is 0.853. The van der Waals surface area contributed by atoms with Crippen LogP contribution in [0.3, 0.4) is 0 Å². The number of fused-ring (bicyclic) bond motifs is 1. The molecule has 1 aromatic heterocycles. The Morgan fingerprint density at radius 1 is 1.22 bits per heavy atom. The first-order valence-electron chi connectivity index (χ1n) is 9.35. The number of halogens is 1. The van der Waals surface area contributed by atoms with E-state index in [2.05, 4.69) is 16.1 Å². The second kappa shape index (κ2) is 7.43. The van der Waals surface area contributed by atoms with Crippen LogP contribution in [0.5, 0.6) is 0 Å². The van der Waals surface area contributed by atoms with Crippen LogP contribution in [-0.2, 0) is 9.53 Å². The van der Waals surface area contributed by atoms with E-state index in [0.29, 0.717) is 23.8 Å². The lowest BCUT2D eigenvalue weighted by Gasteiger charge is -2.39. The van der Waals surface area contributed by atoms with Gasteiger partial charge in [0.15, 0.2) is 0 Å². The molecule has 7 heteroatoms. The molecular formula is C20H23ClN2O4. The number of likely N-dealkylation sites (tertiary alicyclic amines) is 1. The molecule has 2 aromatic rings. The number of carbonyl (C=O) groups is 2. The summed E-state index contributed by atoms with van der Waals surface area (Å²) in [6.45, 7) is 1.49. The van der Waals surface area contributed by atoms with E-state index < -0.39 is 6.09 Å². The van der Waals surface area contributed by atoms with Gasteiger partial charge in [-0.1, -0.05) is 11.6 Å². The van der Waals surface area contributed by atoms with Gasteiger partial charge in [-0.25, -0.2) is 4.79 Å². The van der Waals surface area contributed by atoms with Crippen LogP contribution < -0.4 is 5.32 Å². The van der Waals surface area contributed by atoms with Crippen molar-refractivity contribution in [1.82, 2.24) is 10.2 Å². The molecule has 1 aliphatic heterocycles. The van der Waals surface area contributed by atoms with Gasteiger partial charge in [-0.15, -0.1) is 0 Å². The maximum Gasteiger partial charge on any atom is 0.407 e. The number of ether oxygens (including phenoxy) is 1. The summed E-state index contributed by atoms with van der Waals surface area (Å²) in [6, 6.07) is 7.76. The van der Waals surface area contributed by atoms with Crippen molar-refractivity contribution in [2.75, 3.05) is 20.2 Å². The summed E-state index contributed by atoms with van der Waals surface area (Å²) in [5.74, 6) is 1.52. The molecule has 6 nitrogen and oxygen atoms in total. The Labute approximate surface area is 162 Å².